The monoisotopic (exact) mass is 564 g/mol. The van der Waals surface area contributed by atoms with Crippen molar-refractivity contribution in [1.82, 2.24) is 5.32 Å². The van der Waals surface area contributed by atoms with Gasteiger partial charge < -0.3 is 78.5 Å². The van der Waals surface area contributed by atoms with E-state index in [1.54, 1.807) is 0 Å². The largest absolute Gasteiger partial charge is 0.394 e. The second-order valence-electron chi connectivity index (χ2n) is 11.3. The van der Waals surface area contributed by atoms with Gasteiger partial charge in [0.1, 0.15) is 42.2 Å². The Bertz CT molecular complexity index is 837. The molecule has 4 aliphatic rings. The van der Waals surface area contributed by atoms with Gasteiger partial charge in [0.15, 0.2) is 12.6 Å². The molecule has 1 amide bonds. The first-order valence-corrected chi connectivity index (χ1v) is 13.4. The molecular weight excluding hydrogens is 520 g/mol. The van der Waals surface area contributed by atoms with E-state index in [1.165, 1.54) is 0 Å². The molecule has 226 valence electrons. The van der Waals surface area contributed by atoms with Crippen molar-refractivity contribution in [3.63, 3.8) is 0 Å². The minimum absolute atomic E-state index is 0.0312. The smallest absolute Gasteiger partial charge is 0.252 e. The van der Waals surface area contributed by atoms with Crippen LogP contribution < -0.4 is 34.0 Å². The molecule has 0 aromatic heterocycles. The molecule has 2 heterocycles. The van der Waals surface area contributed by atoms with Gasteiger partial charge in [0.05, 0.1) is 30.8 Å². The van der Waals surface area contributed by atoms with E-state index in [2.05, 4.69) is 5.32 Å². The highest BCUT2D eigenvalue weighted by Crippen LogP contribution is 2.34. The molecule has 2 aliphatic heterocycles. The van der Waals surface area contributed by atoms with Gasteiger partial charge in [0.25, 0.3) is 5.91 Å². The zero-order valence-electron chi connectivity index (χ0n) is 21.7. The van der Waals surface area contributed by atoms with Gasteiger partial charge in [-0.1, -0.05) is 0 Å². The molecule has 4 fully saturated rings. The molecule has 0 aromatic rings. The fourth-order valence-electron chi connectivity index (χ4n) is 5.75. The van der Waals surface area contributed by atoms with E-state index in [4.69, 9.17) is 47.6 Å². The lowest BCUT2D eigenvalue weighted by Crippen LogP contribution is -2.70. The predicted molar refractivity (Wildman–Crippen MR) is 133 cm³/mol. The molecule has 0 aromatic carbocycles. The van der Waals surface area contributed by atoms with Crippen LogP contribution in [0.25, 0.3) is 0 Å². The Balaban J connectivity index is 1.54. The van der Waals surface area contributed by atoms with Crippen LogP contribution in [0.5, 0.6) is 0 Å². The average molecular weight is 565 g/mol. The van der Waals surface area contributed by atoms with Gasteiger partial charge in [-0.3, -0.25) is 4.79 Å². The summed E-state index contributed by atoms with van der Waals surface area (Å²) in [5, 5.41) is 55.2. The summed E-state index contributed by atoms with van der Waals surface area (Å²) >= 11 is 0. The quantitative estimate of drug-likeness (QED) is 0.131. The Morgan fingerprint density at radius 1 is 0.923 bits per heavy atom. The summed E-state index contributed by atoms with van der Waals surface area (Å²) in [4.78, 5) is 12.9. The van der Waals surface area contributed by atoms with Crippen molar-refractivity contribution < 1.29 is 49.3 Å². The fraction of sp³-hybridized carbons (Fsp3) is 0.957. The highest BCUT2D eigenvalue weighted by atomic mass is 16.7. The van der Waals surface area contributed by atoms with Gasteiger partial charge in [-0.2, -0.15) is 0 Å². The van der Waals surface area contributed by atoms with Crippen molar-refractivity contribution >= 4 is 5.91 Å². The summed E-state index contributed by atoms with van der Waals surface area (Å²) in [5.74, 6) is -0.713. The standard InChI is InChI=1S/C23H44N6O10/c24-6-9-1-2-10(26)20(36-9)38-18-11(27)3-12(29-22(34)23(35)4-8(25)5-23)19(17(18)33)39-21-16(32)14(28)15(31)13(7-30)37-21/h8-21,30-33,35H,1-7,24-28H2,(H,29,34)/t8?,9-,10+,11-,12+,13+,14-,15+,16+,17-,18?,19-,20+,21+,23?/m0/s1. The molecule has 2 saturated heterocycles. The van der Waals surface area contributed by atoms with Crippen LogP contribution in [0.2, 0.25) is 0 Å². The van der Waals surface area contributed by atoms with Crippen molar-refractivity contribution in [2.24, 2.45) is 28.7 Å². The molecule has 16 nitrogen and oxygen atoms in total. The zero-order valence-corrected chi connectivity index (χ0v) is 21.7. The van der Waals surface area contributed by atoms with Gasteiger partial charge in [0.2, 0.25) is 0 Å². The van der Waals surface area contributed by atoms with E-state index in [0.717, 1.165) is 0 Å². The van der Waals surface area contributed by atoms with Crippen molar-refractivity contribution in [3.05, 3.63) is 0 Å². The maximum absolute atomic E-state index is 12.9. The third kappa shape index (κ3) is 6.39. The average Bonchev–Trinajstić information content (AvgIpc) is 2.88. The van der Waals surface area contributed by atoms with Crippen LogP contribution in [0.3, 0.4) is 0 Å². The van der Waals surface area contributed by atoms with Crippen LogP contribution >= 0.6 is 0 Å². The molecule has 1 unspecified atom stereocenters. The molecule has 16 heteroatoms. The van der Waals surface area contributed by atoms with Crippen molar-refractivity contribution in [3.8, 4) is 0 Å². The summed E-state index contributed by atoms with van der Waals surface area (Å²) in [7, 11) is 0. The number of ether oxygens (including phenoxy) is 4. The number of carbonyl (C=O) groups is 1. The highest BCUT2D eigenvalue weighted by molar-refractivity contribution is 5.86. The van der Waals surface area contributed by atoms with Crippen LogP contribution in [0.15, 0.2) is 0 Å². The molecule has 0 radical (unpaired) electrons. The Hall–Kier alpha value is -1.09. The Labute approximate surface area is 226 Å². The van der Waals surface area contributed by atoms with Crippen LogP contribution in [0, 0.1) is 0 Å². The number of rotatable bonds is 8. The van der Waals surface area contributed by atoms with Crippen LogP contribution in [-0.2, 0) is 23.7 Å². The van der Waals surface area contributed by atoms with Crippen molar-refractivity contribution in [2.45, 2.75) is 123 Å². The SMILES string of the molecule is NC[C@@H]1CC[C@@H](N)[C@@H](OC2[C@@H](N)C[C@@H](NC(=O)C3(O)CC(N)C3)[C@H](O[C@H]3O[C@H](CO)[C@@H](O)[C@H](N)[C@H]3O)[C@H]2O)O1. The highest BCUT2D eigenvalue weighted by Gasteiger charge is 2.53. The number of aliphatic hydroxyl groups excluding tert-OH is 4. The van der Waals surface area contributed by atoms with Crippen molar-refractivity contribution in [2.75, 3.05) is 13.2 Å². The minimum Gasteiger partial charge on any atom is -0.394 e. The molecule has 2 aliphatic carbocycles. The molecule has 4 rings (SSSR count). The van der Waals surface area contributed by atoms with E-state index < -0.39 is 91.5 Å². The molecule has 16 N–H and O–H groups in total. The number of carbonyl (C=O) groups excluding carboxylic acids is 1. The molecular formula is C23H44N6O10. The first kappa shape index (κ1) is 30.9. The van der Waals surface area contributed by atoms with Gasteiger partial charge in [-0.05, 0) is 19.3 Å². The van der Waals surface area contributed by atoms with Gasteiger partial charge >= 0.3 is 0 Å². The topological polar surface area (TPSA) is 297 Å². The van der Waals surface area contributed by atoms with E-state index in [0.29, 0.717) is 12.8 Å². The van der Waals surface area contributed by atoms with E-state index in [-0.39, 0.29) is 38.0 Å². The lowest BCUT2D eigenvalue weighted by atomic mass is 9.75. The van der Waals surface area contributed by atoms with Crippen LogP contribution in [-0.4, -0.2) is 136 Å². The zero-order chi connectivity index (χ0) is 28.6. The summed E-state index contributed by atoms with van der Waals surface area (Å²) in [5.41, 5.74) is 28.3. The third-order valence-electron chi connectivity index (χ3n) is 8.24. The number of amides is 1. The third-order valence-corrected chi connectivity index (χ3v) is 8.24. The second-order valence-corrected chi connectivity index (χ2v) is 11.3. The minimum atomic E-state index is -1.68. The molecule has 13 atom stereocenters. The van der Waals surface area contributed by atoms with E-state index >= 15 is 0 Å². The van der Waals surface area contributed by atoms with Crippen LogP contribution in [0.1, 0.15) is 32.1 Å². The molecule has 2 saturated carbocycles. The van der Waals surface area contributed by atoms with E-state index in [1.807, 2.05) is 0 Å². The lowest BCUT2D eigenvalue weighted by Gasteiger charge is -2.49. The van der Waals surface area contributed by atoms with Gasteiger partial charge in [0, 0.05) is 31.5 Å². The Kier molecular flexibility index (Phi) is 9.83. The van der Waals surface area contributed by atoms with E-state index in [9.17, 15) is 30.3 Å². The predicted octanol–water partition coefficient (Wildman–Crippen LogP) is -6.26. The number of aliphatic hydroxyl groups is 5. The maximum atomic E-state index is 12.9. The Morgan fingerprint density at radius 2 is 1.59 bits per heavy atom. The maximum Gasteiger partial charge on any atom is 0.252 e. The number of nitrogens with one attached hydrogen (secondary N) is 1. The summed E-state index contributed by atoms with van der Waals surface area (Å²) < 4.78 is 23.4. The summed E-state index contributed by atoms with van der Waals surface area (Å²) in [6.07, 6.45) is -9.27. The molecule has 0 bridgehead atoms. The first-order chi connectivity index (χ1) is 18.4. The number of hydrogen-bond acceptors (Lipinski definition) is 15. The summed E-state index contributed by atoms with van der Waals surface area (Å²) in [6, 6.07) is -3.86. The second kappa shape index (κ2) is 12.4. The van der Waals surface area contributed by atoms with Gasteiger partial charge in [-0.25, -0.2) is 0 Å². The molecule has 39 heavy (non-hydrogen) atoms. The molecule has 0 spiro atoms. The van der Waals surface area contributed by atoms with Gasteiger partial charge in [-0.15, -0.1) is 0 Å². The first-order valence-electron chi connectivity index (χ1n) is 13.4. The Morgan fingerprint density at radius 3 is 2.21 bits per heavy atom. The van der Waals surface area contributed by atoms with Crippen LogP contribution in [0.4, 0.5) is 0 Å². The normalized spacial score (nSPS) is 50.7. The van der Waals surface area contributed by atoms with Crippen molar-refractivity contribution in [1.29, 1.82) is 0 Å². The fourth-order valence-corrected chi connectivity index (χ4v) is 5.75. The summed E-state index contributed by atoms with van der Waals surface area (Å²) in [6.45, 7) is -0.356. The number of nitrogens with two attached hydrogens (primary N) is 5. The number of hydrogen-bond donors (Lipinski definition) is 11. The lowest BCUT2D eigenvalue weighted by molar-refractivity contribution is -0.314.